The number of pyridine rings is 2. The molecule has 0 aliphatic heterocycles. The minimum Gasteiger partial charge on any atom is -0.493 e. The molecule has 0 atom stereocenters. The van der Waals surface area contributed by atoms with Gasteiger partial charge in [0.25, 0.3) is 11.5 Å². The summed E-state index contributed by atoms with van der Waals surface area (Å²) < 4.78 is 33.3. The van der Waals surface area contributed by atoms with Gasteiger partial charge in [-0.2, -0.15) is 5.10 Å². The number of nitrogens with one attached hydrogen (secondary N) is 2. The van der Waals surface area contributed by atoms with Gasteiger partial charge in [0.2, 0.25) is 0 Å². The molecule has 3 aromatic carbocycles. The van der Waals surface area contributed by atoms with Crippen LogP contribution >= 0.6 is 0 Å². The minimum absolute atomic E-state index is 0.0753. The number of H-pyrrole nitrogens is 1. The van der Waals surface area contributed by atoms with E-state index in [1.807, 2.05) is 6.07 Å². The number of para-hydroxylation sites is 1. The Hall–Kier alpha value is -5.97. The molecule has 0 radical (unpaired) electrons. The number of methoxy groups -OCH3 is 2. The summed E-state index contributed by atoms with van der Waals surface area (Å²) >= 11 is 0. The average Bonchev–Trinajstić information content (AvgIpc) is 3.57. The molecule has 2 N–H and O–H groups in total. The smallest absolute Gasteiger partial charge is 0.267 e. The largest absolute Gasteiger partial charge is 0.493 e. The van der Waals surface area contributed by atoms with Crippen molar-refractivity contribution in [3.05, 3.63) is 119 Å². The maximum Gasteiger partial charge on any atom is 0.267 e. The lowest BCUT2D eigenvalue weighted by Crippen LogP contribution is -2.28. The number of halogens is 1. The monoisotopic (exact) mass is 577 g/mol. The van der Waals surface area contributed by atoms with E-state index in [0.717, 1.165) is 6.07 Å². The van der Waals surface area contributed by atoms with Crippen molar-refractivity contribution in [3.8, 4) is 39.8 Å². The van der Waals surface area contributed by atoms with E-state index in [4.69, 9.17) is 14.2 Å². The fourth-order valence-electron chi connectivity index (χ4n) is 4.61. The minimum atomic E-state index is -0.725. The quantitative estimate of drug-likeness (QED) is 0.228. The highest BCUT2D eigenvalue weighted by molar-refractivity contribution is 6.04. The van der Waals surface area contributed by atoms with Crippen LogP contribution in [0, 0.1) is 5.82 Å². The first-order chi connectivity index (χ1) is 20.9. The molecule has 3 heterocycles. The lowest BCUT2D eigenvalue weighted by Gasteiger charge is -2.14. The number of amides is 1. The molecule has 0 bridgehead atoms. The van der Waals surface area contributed by atoms with E-state index in [-0.39, 0.29) is 17.0 Å². The zero-order valence-corrected chi connectivity index (χ0v) is 23.0. The van der Waals surface area contributed by atoms with E-state index < -0.39 is 17.3 Å². The second kappa shape index (κ2) is 11.5. The predicted molar refractivity (Wildman–Crippen MR) is 159 cm³/mol. The Balaban J connectivity index is 1.30. The molecule has 0 aliphatic carbocycles. The molecule has 10 nitrogen and oxygen atoms in total. The Morgan fingerprint density at radius 2 is 1.70 bits per heavy atom. The van der Waals surface area contributed by atoms with Crippen molar-refractivity contribution in [1.82, 2.24) is 19.7 Å². The molecule has 6 rings (SSSR count). The van der Waals surface area contributed by atoms with E-state index in [9.17, 15) is 9.59 Å². The zero-order valence-electron chi connectivity index (χ0n) is 23.0. The van der Waals surface area contributed by atoms with Crippen molar-refractivity contribution < 1.29 is 23.4 Å². The van der Waals surface area contributed by atoms with E-state index in [2.05, 4.69) is 20.5 Å². The van der Waals surface area contributed by atoms with Crippen LogP contribution < -0.4 is 25.1 Å². The van der Waals surface area contributed by atoms with Gasteiger partial charge in [0.15, 0.2) is 23.1 Å². The second-order valence-electron chi connectivity index (χ2n) is 9.37. The molecular formula is C32H24FN5O5. The maximum absolute atomic E-state index is 15.3. The first-order valence-corrected chi connectivity index (χ1v) is 13.1. The summed E-state index contributed by atoms with van der Waals surface area (Å²) in [5.74, 6) is -0.189. The fourth-order valence-corrected chi connectivity index (χ4v) is 4.61. The van der Waals surface area contributed by atoms with Crippen molar-refractivity contribution in [2.45, 2.75) is 0 Å². The molecule has 0 saturated carbocycles. The summed E-state index contributed by atoms with van der Waals surface area (Å²) in [7, 11) is 3.03. The van der Waals surface area contributed by atoms with E-state index in [0.29, 0.717) is 45.0 Å². The number of carbonyl (C=O) groups excluding carboxylic acids is 1. The standard InChI is InChI=1S/C32H24FN5O5/c1-41-29-14-23-26(15-30(29)42-2)34-11-10-27(23)43-28-9-8-21(13-25(28)33)37-31(39)24-12-19(20-16-35-36-17-20)18-38(32(24)40)22-6-4-3-5-7-22/h3-18H,1-2H3,(H,35,36)(H,37,39). The number of aromatic nitrogens is 4. The van der Waals surface area contributed by atoms with Crippen molar-refractivity contribution in [1.29, 1.82) is 0 Å². The van der Waals surface area contributed by atoms with Crippen LogP contribution in [0.2, 0.25) is 0 Å². The molecule has 6 aromatic rings. The highest BCUT2D eigenvalue weighted by Gasteiger charge is 2.18. The van der Waals surface area contributed by atoms with Crippen LogP contribution in [-0.4, -0.2) is 39.9 Å². The Bertz CT molecular complexity index is 2010. The summed E-state index contributed by atoms with van der Waals surface area (Å²) in [5, 5.41) is 9.91. The number of aromatic amines is 1. The highest BCUT2D eigenvalue weighted by atomic mass is 19.1. The summed E-state index contributed by atoms with van der Waals surface area (Å²) in [6, 6.07) is 19.4. The lowest BCUT2D eigenvalue weighted by atomic mass is 10.1. The number of anilines is 1. The fraction of sp³-hybridized carbons (Fsp3) is 0.0625. The Morgan fingerprint density at radius 1 is 0.907 bits per heavy atom. The third-order valence-electron chi connectivity index (χ3n) is 6.74. The molecule has 0 spiro atoms. The Morgan fingerprint density at radius 3 is 2.42 bits per heavy atom. The second-order valence-corrected chi connectivity index (χ2v) is 9.37. The van der Waals surface area contributed by atoms with Gasteiger partial charge in [0, 0.05) is 58.6 Å². The molecule has 0 fully saturated rings. The molecule has 1 amide bonds. The van der Waals surface area contributed by atoms with Gasteiger partial charge in [0.1, 0.15) is 11.3 Å². The van der Waals surface area contributed by atoms with Crippen LogP contribution in [0.15, 0.2) is 102 Å². The summed E-state index contributed by atoms with van der Waals surface area (Å²) in [4.78, 5) is 31.1. The number of rotatable bonds is 8. The van der Waals surface area contributed by atoms with Crippen molar-refractivity contribution in [3.63, 3.8) is 0 Å². The number of ether oxygens (including phenoxy) is 3. The van der Waals surface area contributed by atoms with E-state index in [1.54, 1.807) is 61.1 Å². The van der Waals surface area contributed by atoms with Crippen molar-refractivity contribution in [2.75, 3.05) is 19.5 Å². The predicted octanol–water partition coefficient (Wildman–Crippen LogP) is 5.98. The number of fused-ring (bicyclic) bond motifs is 1. The Kier molecular flexibility index (Phi) is 7.27. The molecule has 43 heavy (non-hydrogen) atoms. The Labute approximate surface area is 244 Å². The summed E-state index contributed by atoms with van der Waals surface area (Å²) in [6.45, 7) is 0. The summed E-state index contributed by atoms with van der Waals surface area (Å²) in [5.41, 5.74) is 1.91. The van der Waals surface area contributed by atoms with E-state index in [1.165, 1.54) is 43.2 Å². The number of benzene rings is 3. The van der Waals surface area contributed by atoms with Crippen LogP contribution in [0.25, 0.3) is 27.7 Å². The summed E-state index contributed by atoms with van der Waals surface area (Å²) in [6.07, 6.45) is 6.42. The molecule has 0 aliphatic rings. The molecule has 214 valence electrons. The third-order valence-corrected chi connectivity index (χ3v) is 6.74. The molecule has 0 unspecified atom stereocenters. The van der Waals surface area contributed by atoms with Crippen molar-refractivity contribution >= 4 is 22.5 Å². The van der Waals surface area contributed by atoms with Crippen molar-refractivity contribution in [2.24, 2.45) is 0 Å². The van der Waals surface area contributed by atoms with Gasteiger partial charge in [-0.05, 0) is 42.5 Å². The van der Waals surface area contributed by atoms with Crippen LogP contribution in [-0.2, 0) is 0 Å². The van der Waals surface area contributed by atoms with Gasteiger partial charge in [-0.1, -0.05) is 18.2 Å². The molecule has 3 aromatic heterocycles. The third kappa shape index (κ3) is 5.38. The van der Waals surface area contributed by atoms with Gasteiger partial charge in [-0.25, -0.2) is 4.39 Å². The van der Waals surface area contributed by atoms with E-state index >= 15 is 4.39 Å². The molecule has 11 heteroatoms. The normalized spacial score (nSPS) is 10.9. The van der Waals surface area contributed by atoms with Gasteiger partial charge in [-0.3, -0.25) is 24.2 Å². The number of nitrogens with zero attached hydrogens (tertiary/aromatic N) is 3. The first-order valence-electron chi connectivity index (χ1n) is 13.1. The van der Waals surface area contributed by atoms with Crippen LogP contribution in [0.4, 0.5) is 10.1 Å². The van der Waals surface area contributed by atoms with Gasteiger partial charge >= 0.3 is 0 Å². The number of carbonyl (C=O) groups is 1. The highest BCUT2D eigenvalue weighted by Crippen LogP contribution is 2.37. The maximum atomic E-state index is 15.3. The van der Waals surface area contributed by atoms with Crippen LogP contribution in [0.1, 0.15) is 10.4 Å². The van der Waals surface area contributed by atoms with Crippen LogP contribution in [0.3, 0.4) is 0 Å². The molecule has 0 saturated heterocycles. The number of hydrogen-bond acceptors (Lipinski definition) is 7. The average molecular weight is 578 g/mol. The van der Waals surface area contributed by atoms with Gasteiger partial charge < -0.3 is 19.5 Å². The number of hydrogen-bond donors (Lipinski definition) is 2. The molecular weight excluding hydrogens is 553 g/mol. The topological polar surface area (TPSA) is 120 Å². The van der Waals surface area contributed by atoms with Gasteiger partial charge in [0.05, 0.1) is 25.9 Å². The van der Waals surface area contributed by atoms with Gasteiger partial charge in [-0.15, -0.1) is 0 Å². The SMILES string of the molecule is COc1cc2nccc(Oc3ccc(NC(=O)c4cc(-c5cn[nH]c5)cn(-c5ccccc5)c4=O)cc3F)c2cc1OC. The van der Waals surface area contributed by atoms with Crippen LogP contribution in [0.5, 0.6) is 23.0 Å². The lowest BCUT2D eigenvalue weighted by molar-refractivity contribution is 0.102. The first kappa shape index (κ1) is 27.2. The zero-order chi connectivity index (χ0) is 29.9.